The fourth-order valence-electron chi connectivity index (χ4n) is 2.82. The smallest absolute Gasteiger partial charge is 0.227 e. The molecular weight excluding hydrogens is 292 g/mol. The second kappa shape index (κ2) is 9.30. The van der Waals surface area contributed by atoms with Gasteiger partial charge in [0.25, 0.3) is 0 Å². The van der Waals surface area contributed by atoms with E-state index in [0.29, 0.717) is 32.4 Å². The second-order valence-electron chi connectivity index (χ2n) is 5.83. The topological polar surface area (TPSA) is 58.6 Å². The minimum absolute atomic E-state index is 0.0556. The van der Waals surface area contributed by atoms with Gasteiger partial charge in [0.05, 0.1) is 0 Å². The van der Waals surface area contributed by atoms with Gasteiger partial charge in [0, 0.05) is 45.3 Å². The van der Waals surface area contributed by atoms with E-state index in [9.17, 15) is 9.59 Å². The quantitative estimate of drug-likeness (QED) is 0.711. The molecule has 0 atom stereocenters. The number of amides is 2. The molecule has 126 valence electrons. The lowest BCUT2D eigenvalue weighted by Gasteiger charge is -2.17. The van der Waals surface area contributed by atoms with Gasteiger partial charge < -0.3 is 15.0 Å². The minimum Gasteiger partial charge on any atom is -0.385 e. The van der Waals surface area contributed by atoms with Crippen molar-refractivity contribution in [1.82, 2.24) is 5.32 Å². The van der Waals surface area contributed by atoms with Crippen LogP contribution < -0.4 is 10.2 Å². The van der Waals surface area contributed by atoms with E-state index in [1.54, 1.807) is 7.11 Å². The van der Waals surface area contributed by atoms with E-state index < -0.39 is 0 Å². The van der Waals surface area contributed by atoms with E-state index in [-0.39, 0.29) is 11.8 Å². The molecule has 5 nitrogen and oxygen atoms in total. The highest BCUT2D eigenvalue weighted by Gasteiger charge is 2.23. The molecule has 1 aromatic carbocycles. The lowest BCUT2D eigenvalue weighted by atomic mass is 10.2. The summed E-state index contributed by atoms with van der Waals surface area (Å²) in [4.78, 5) is 25.8. The lowest BCUT2D eigenvalue weighted by Crippen LogP contribution is -2.30. The van der Waals surface area contributed by atoms with E-state index in [1.807, 2.05) is 23.1 Å². The number of hydrogen-bond acceptors (Lipinski definition) is 3. The number of carbonyl (C=O) groups is 2. The van der Waals surface area contributed by atoms with Crippen LogP contribution in [0.5, 0.6) is 0 Å². The van der Waals surface area contributed by atoms with Gasteiger partial charge in [-0.25, -0.2) is 0 Å². The molecule has 1 N–H and O–H groups in total. The first-order valence-corrected chi connectivity index (χ1v) is 8.36. The zero-order valence-corrected chi connectivity index (χ0v) is 13.8. The molecular formula is C18H26N2O3. The highest BCUT2D eigenvalue weighted by atomic mass is 16.5. The van der Waals surface area contributed by atoms with Gasteiger partial charge in [-0.2, -0.15) is 0 Å². The third kappa shape index (κ3) is 5.36. The van der Waals surface area contributed by atoms with Gasteiger partial charge in [-0.1, -0.05) is 18.2 Å². The first kappa shape index (κ1) is 17.5. The molecule has 0 spiro atoms. The van der Waals surface area contributed by atoms with Crippen LogP contribution in [0.4, 0.5) is 5.69 Å². The first-order valence-electron chi connectivity index (χ1n) is 8.36. The Morgan fingerprint density at radius 3 is 2.83 bits per heavy atom. The summed E-state index contributed by atoms with van der Waals surface area (Å²) in [7, 11) is 1.66. The van der Waals surface area contributed by atoms with Gasteiger partial charge in [0.1, 0.15) is 0 Å². The van der Waals surface area contributed by atoms with E-state index in [1.165, 1.54) is 5.56 Å². The van der Waals surface area contributed by atoms with E-state index in [0.717, 1.165) is 31.5 Å². The Bertz CT molecular complexity index is 531. The summed E-state index contributed by atoms with van der Waals surface area (Å²) in [6, 6.07) is 8.05. The normalized spacial score (nSPS) is 13.0. The molecule has 2 amide bonds. The molecule has 0 fully saturated rings. The molecule has 0 radical (unpaired) electrons. The fraction of sp³-hybridized carbons (Fsp3) is 0.556. The SMILES string of the molecule is COCCCCC(=O)NCCCC(=O)N1CCc2ccccc21. The van der Waals surface area contributed by atoms with Crippen LogP contribution in [0.1, 0.15) is 37.7 Å². The third-order valence-electron chi connectivity index (χ3n) is 4.08. The number of ether oxygens (including phenoxy) is 1. The summed E-state index contributed by atoms with van der Waals surface area (Å²) in [5, 5.41) is 2.87. The number of anilines is 1. The zero-order chi connectivity index (χ0) is 16.5. The largest absolute Gasteiger partial charge is 0.385 e. The highest BCUT2D eigenvalue weighted by Crippen LogP contribution is 2.27. The summed E-state index contributed by atoms with van der Waals surface area (Å²) in [6.07, 6.45) is 4.34. The summed E-state index contributed by atoms with van der Waals surface area (Å²) in [5.74, 6) is 0.198. The molecule has 1 heterocycles. The van der Waals surface area contributed by atoms with Crippen LogP contribution in [-0.2, 0) is 20.7 Å². The van der Waals surface area contributed by atoms with Gasteiger partial charge in [-0.05, 0) is 37.3 Å². The maximum Gasteiger partial charge on any atom is 0.227 e. The Morgan fingerprint density at radius 2 is 2.00 bits per heavy atom. The van der Waals surface area contributed by atoms with Crippen molar-refractivity contribution in [2.75, 3.05) is 31.7 Å². The third-order valence-corrected chi connectivity index (χ3v) is 4.08. The molecule has 1 aliphatic heterocycles. The standard InChI is InChI=1S/C18H26N2O3/c1-23-14-5-4-9-17(21)19-12-6-10-18(22)20-13-11-15-7-2-3-8-16(15)20/h2-3,7-8H,4-6,9-14H2,1H3,(H,19,21). The number of nitrogens with one attached hydrogen (secondary N) is 1. The Balaban J connectivity index is 1.62. The van der Waals surface area contributed by atoms with Crippen molar-refractivity contribution in [3.63, 3.8) is 0 Å². The number of unbranched alkanes of at least 4 members (excludes halogenated alkanes) is 1. The van der Waals surface area contributed by atoms with Crippen LogP contribution in [0.25, 0.3) is 0 Å². The summed E-state index contributed by atoms with van der Waals surface area (Å²) < 4.78 is 4.95. The van der Waals surface area contributed by atoms with Crippen LogP contribution in [0.2, 0.25) is 0 Å². The van der Waals surface area contributed by atoms with E-state index >= 15 is 0 Å². The number of fused-ring (bicyclic) bond motifs is 1. The van der Waals surface area contributed by atoms with Crippen molar-refractivity contribution >= 4 is 17.5 Å². The van der Waals surface area contributed by atoms with Crippen molar-refractivity contribution in [3.05, 3.63) is 29.8 Å². The number of nitrogens with zero attached hydrogens (tertiary/aromatic N) is 1. The molecule has 0 aromatic heterocycles. The van der Waals surface area contributed by atoms with Gasteiger partial charge in [-0.15, -0.1) is 0 Å². The van der Waals surface area contributed by atoms with Crippen LogP contribution in [0.15, 0.2) is 24.3 Å². The monoisotopic (exact) mass is 318 g/mol. The molecule has 0 saturated heterocycles. The highest BCUT2D eigenvalue weighted by molar-refractivity contribution is 5.95. The molecule has 0 aliphatic carbocycles. The van der Waals surface area contributed by atoms with Crippen LogP contribution in [0, 0.1) is 0 Å². The summed E-state index contributed by atoms with van der Waals surface area (Å²) in [6.45, 7) is 2.02. The second-order valence-corrected chi connectivity index (χ2v) is 5.83. The Hall–Kier alpha value is -1.88. The number of benzene rings is 1. The number of rotatable bonds is 9. The predicted molar refractivity (Wildman–Crippen MR) is 90.5 cm³/mol. The van der Waals surface area contributed by atoms with Gasteiger partial charge in [0.15, 0.2) is 0 Å². The number of hydrogen-bond donors (Lipinski definition) is 1. The summed E-state index contributed by atoms with van der Waals surface area (Å²) in [5.41, 5.74) is 2.28. The van der Waals surface area contributed by atoms with Crippen LogP contribution in [-0.4, -0.2) is 38.6 Å². The molecule has 23 heavy (non-hydrogen) atoms. The van der Waals surface area contributed by atoms with Crippen molar-refractivity contribution in [1.29, 1.82) is 0 Å². The molecule has 0 bridgehead atoms. The van der Waals surface area contributed by atoms with Crippen molar-refractivity contribution in [2.45, 2.75) is 38.5 Å². The van der Waals surface area contributed by atoms with E-state index in [2.05, 4.69) is 11.4 Å². The predicted octanol–water partition coefficient (Wildman–Crippen LogP) is 2.29. The molecule has 2 rings (SSSR count). The van der Waals surface area contributed by atoms with Gasteiger partial charge in [-0.3, -0.25) is 9.59 Å². The average Bonchev–Trinajstić information content (AvgIpc) is 2.99. The lowest BCUT2D eigenvalue weighted by molar-refractivity contribution is -0.122. The molecule has 0 saturated carbocycles. The first-order chi connectivity index (χ1) is 11.2. The van der Waals surface area contributed by atoms with E-state index in [4.69, 9.17) is 4.74 Å². The average molecular weight is 318 g/mol. The Labute approximate surface area is 138 Å². The maximum absolute atomic E-state index is 12.3. The number of carbonyl (C=O) groups excluding carboxylic acids is 2. The molecule has 5 heteroatoms. The van der Waals surface area contributed by atoms with Crippen LogP contribution in [0.3, 0.4) is 0 Å². The maximum atomic E-state index is 12.3. The van der Waals surface area contributed by atoms with Gasteiger partial charge >= 0.3 is 0 Å². The molecule has 1 aromatic rings. The number of methoxy groups -OCH3 is 1. The van der Waals surface area contributed by atoms with Crippen molar-refractivity contribution in [2.24, 2.45) is 0 Å². The fourth-order valence-corrected chi connectivity index (χ4v) is 2.82. The molecule has 0 unspecified atom stereocenters. The Kier molecular flexibility index (Phi) is 7.07. The number of para-hydroxylation sites is 1. The molecule has 1 aliphatic rings. The summed E-state index contributed by atoms with van der Waals surface area (Å²) >= 11 is 0. The van der Waals surface area contributed by atoms with Gasteiger partial charge in [0.2, 0.25) is 11.8 Å². The Morgan fingerprint density at radius 1 is 1.17 bits per heavy atom. The minimum atomic E-state index is 0.0556. The van der Waals surface area contributed by atoms with Crippen LogP contribution >= 0.6 is 0 Å². The van der Waals surface area contributed by atoms with Crippen molar-refractivity contribution in [3.8, 4) is 0 Å². The zero-order valence-electron chi connectivity index (χ0n) is 13.8. The van der Waals surface area contributed by atoms with Crippen molar-refractivity contribution < 1.29 is 14.3 Å².